The molecule has 1 aliphatic heterocycles. The summed E-state index contributed by atoms with van der Waals surface area (Å²) in [5.41, 5.74) is 6.62. The minimum absolute atomic E-state index is 0.144. The van der Waals surface area contributed by atoms with Crippen molar-refractivity contribution in [3.8, 4) is 0 Å². The summed E-state index contributed by atoms with van der Waals surface area (Å²) in [4.78, 5) is 0.304. The van der Waals surface area contributed by atoms with E-state index >= 15 is 0 Å². The number of rotatable bonds is 0. The molecule has 0 aromatic heterocycles. The summed E-state index contributed by atoms with van der Waals surface area (Å²) in [6, 6.07) is 4.51. The van der Waals surface area contributed by atoms with Crippen LogP contribution in [0, 0.1) is 11.7 Å². The molecular formula is C10H12FNOS. The van der Waals surface area contributed by atoms with Crippen molar-refractivity contribution in [3.05, 3.63) is 29.6 Å². The molecule has 0 saturated carbocycles. The lowest BCUT2D eigenvalue weighted by atomic mass is 9.96. The van der Waals surface area contributed by atoms with E-state index in [0.29, 0.717) is 16.2 Å². The second kappa shape index (κ2) is 3.44. The third-order valence-corrected chi connectivity index (χ3v) is 4.33. The van der Waals surface area contributed by atoms with Gasteiger partial charge in [-0.3, -0.25) is 4.21 Å². The quantitative estimate of drug-likeness (QED) is 0.711. The largest absolute Gasteiger partial charge is 0.324 e. The Morgan fingerprint density at radius 1 is 1.57 bits per heavy atom. The van der Waals surface area contributed by atoms with Crippen molar-refractivity contribution in [1.82, 2.24) is 0 Å². The summed E-state index contributed by atoms with van der Waals surface area (Å²) in [5, 5.41) is 0. The minimum Gasteiger partial charge on any atom is -0.324 e. The summed E-state index contributed by atoms with van der Waals surface area (Å²) in [6.07, 6.45) is 0. The summed E-state index contributed by atoms with van der Waals surface area (Å²) >= 11 is 0. The molecule has 3 unspecified atom stereocenters. The fraction of sp³-hybridized carbons (Fsp3) is 0.400. The predicted octanol–water partition coefficient (Wildman–Crippen LogP) is 1.58. The van der Waals surface area contributed by atoms with E-state index in [1.54, 1.807) is 12.1 Å². The average Bonchev–Trinajstić information content (AvgIpc) is 2.14. The molecule has 2 rings (SSSR count). The van der Waals surface area contributed by atoms with Crippen molar-refractivity contribution in [1.29, 1.82) is 0 Å². The van der Waals surface area contributed by atoms with Gasteiger partial charge in [0.2, 0.25) is 0 Å². The van der Waals surface area contributed by atoms with Crippen LogP contribution in [0.2, 0.25) is 0 Å². The lowest BCUT2D eigenvalue weighted by Crippen LogP contribution is -2.30. The third-order valence-electron chi connectivity index (χ3n) is 2.61. The third kappa shape index (κ3) is 1.38. The van der Waals surface area contributed by atoms with Crippen LogP contribution in [-0.4, -0.2) is 9.96 Å². The first-order valence-corrected chi connectivity index (χ1v) is 5.85. The number of halogens is 1. The second-order valence-electron chi connectivity index (χ2n) is 3.67. The zero-order valence-electron chi connectivity index (χ0n) is 7.87. The molecule has 0 bridgehead atoms. The van der Waals surface area contributed by atoms with Crippen molar-refractivity contribution < 1.29 is 8.60 Å². The molecule has 3 atom stereocenters. The molecule has 1 aliphatic rings. The van der Waals surface area contributed by atoms with Gasteiger partial charge in [-0.2, -0.15) is 0 Å². The first kappa shape index (κ1) is 9.80. The maximum absolute atomic E-state index is 13.4. The maximum Gasteiger partial charge on any atom is 0.139 e. The number of hydrogen-bond acceptors (Lipinski definition) is 2. The molecule has 2 N–H and O–H groups in total. The van der Waals surface area contributed by atoms with Crippen molar-refractivity contribution in [3.63, 3.8) is 0 Å². The van der Waals surface area contributed by atoms with Crippen LogP contribution in [0.5, 0.6) is 0 Å². The Morgan fingerprint density at radius 3 is 3.00 bits per heavy atom. The molecule has 1 aromatic carbocycles. The van der Waals surface area contributed by atoms with Gasteiger partial charge in [0, 0.05) is 11.8 Å². The number of nitrogens with two attached hydrogens (primary N) is 1. The van der Waals surface area contributed by atoms with Gasteiger partial charge < -0.3 is 5.73 Å². The lowest BCUT2D eigenvalue weighted by molar-refractivity contribution is 0.482. The molecule has 4 heteroatoms. The lowest BCUT2D eigenvalue weighted by Gasteiger charge is -2.27. The molecule has 1 aromatic rings. The van der Waals surface area contributed by atoms with E-state index in [0.717, 1.165) is 0 Å². The van der Waals surface area contributed by atoms with Crippen LogP contribution in [0.15, 0.2) is 23.1 Å². The van der Waals surface area contributed by atoms with Crippen LogP contribution in [0.1, 0.15) is 18.5 Å². The molecule has 0 fully saturated rings. The first-order valence-electron chi connectivity index (χ1n) is 4.53. The van der Waals surface area contributed by atoms with Crippen LogP contribution in [0.4, 0.5) is 4.39 Å². The van der Waals surface area contributed by atoms with Crippen LogP contribution >= 0.6 is 0 Å². The highest BCUT2D eigenvalue weighted by Gasteiger charge is 2.30. The number of hydrogen-bond donors (Lipinski definition) is 1. The number of benzene rings is 1. The topological polar surface area (TPSA) is 43.1 Å². The molecule has 2 nitrogen and oxygen atoms in total. The van der Waals surface area contributed by atoms with E-state index in [-0.39, 0.29) is 12.0 Å². The Morgan fingerprint density at radius 2 is 2.29 bits per heavy atom. The Labute approximate surface area is 84.8 Å². The molecular weight excluding hydrogens is 201 g/mol. The van der Waals surface area contributed by atoms with Crippen LogP contribution in [-0.2, 0) is 10.8 Å². The molecule has 0 amide bonds. The van der Waals surface area contributed by atoms with Crippen molar-refractivity contribution in [2.24, 2.45) is 11.7 Å². The fourth-order valence-corrected chi connectivity index (χ4v) is 3.36. The zero-order valence-corrected chi connectivity index (χ0v) is 8.68. The highest BCUT2D eigenvalue weighted by Crippen LogP contribution is 2.33. The molecule has 0 radical (unpaired) electrons. The smallest absolute Gasteiger partial charge is 0.139 e. The van der Waals surface area contributed by atoms with Gasteiger partial charge in [-0.05, 0) is 17.5 Å². The second-order valence-corrected chi connectivity index (χ2v) is 5.11. The summed E-state index contributed by atoms with van der Waals surface area (Å²) < 4.78 is 25.1. The van der Waals surface area contributed by atoms with Crippen molar-refractivity contribution >= 4 is 10.8 Å². The summed E-state index contributed by atoms with van der Waals surface area (Å²) in [7, 11) is -1.23. The van der Waals surface area contributed by atoms with E-state index in [1.165, 1.54) is 6.07 Å². The van der Waals surface area contributed by atoms with Gasteiger partial charge in [0.05, 0.1) is 15.7 Å². The molecule has 76 valence electrons. The highest BCUT2D eigenvalue weighted by molar-refractivity contribution is 7.85. The minimum atomic E-state index is -1.23. The van der Waals surface area contributed by atoms with Gasteiger partial charge in [0.1, 0.15) is 5.82 Å². The van der Waals surface area contributed by atoms with E-state index in [4.69, 9.17) is 5.73 Å². The Balaban J connectivity index is 2.61. The van der Waals surface area contributed by atoms with Crippen molar-refractivity contribution in [2.45, 2.75) is 17.9 Å². The first-order chi connectivity index (χ1) is 6.61. The van der Waals surface area contributed by atoms with Crippen LogP contribution in [0.3, 0.4) is 0 Å². The highest BCUT2D eigenvalue weighted by atomic mass is 32.2. The predicted molar refractivity (Wildman–Crippen MR) is 53.8 cm³/mol. The Hall–Kier alpha value is -0.740. The van der Waals surface area contributed by atoms with Crippen LogP contribution in [0.25, 0.3) is 0 Å². The van der Waals surface area contributed by atoms with Gasteiger partial charge in [0.15, 0.2) is 0 Å². The molecule has 0 aliphatic carbocycles. The fourth-order valence-electron chi connectivity index (χ4n) is 1.76. The molecule has 1 heterocycles. The van der Waals surface area contributed by atoms with Gasteiger partial charge in [0.25, 0.3) is 0 Å². The van der Waals surface area contributed by atoms with E-state index in [2.05, 4.69) is 0 Å². The van der Waals surface area contributed by atoms with E-state index in [9.17, 15) is 8.60 Å². The SMILES string of the molecule is CC1CS(=O)c2c(F)cccc2C1N. The molecule has 0 spiro atoms. The summed E-state index contributed by atoms with van der Waals surface area (Å²) in [6.45, 7) is 1.94. The monoisotopic (exact) mass is 213 g/mol. The Bertz CT molecular complexity index is 394. The standard InChI is InChI=1S/C10H12FNOS/c1-6-5-14(13)10-7(9(6)12)3-2-4-8(10)11/h2-4,6,9H,5,12H2,1H3. The van der Waals surface area contributed by atoms with Crippen molar-refractivity contribution in [2.75, 3.05) is 5.75 Å². The van der Waals surface area contributed by atoms with E-state index in [1.807, 2.05) is 6.92 Å². The van der Waals surface area contributed by atoms with Gasteiger partial charge >= 0.3 is 0 Å². The molecule has 0 saturated heterocycles. The average molecular weight is 213 g/mol. The van der Waals surface area contributed by atoms with Gasteiger partial charge in [-0.15, -0.1) is 0 Å². The summed E-state index contributed by atoms with van der Waals surface area (Å²) in [5.74, 6) is 0.197. The van der Waals surface area contributed by atoms with Gasteiger partial charge in [-0.25, -0.2) is 4.39 Å². The normalized spacial score (nSPS) is 31.2. The van der Waals surface area contributed by atoms with E-state index < -0.39 is 16.6 Å². The maximum atomic E-state index is 13.4. The molecule has 14 heavy (non-hydrogen) atoms. The zero-order chi connectivity index (χ0) is 10.3. The number of fused-ring (bicyclic) bond motifs is 1. The van der Waals surface area contributed by atoms with Gasteiger partial charge in [-0.1, -0.05) is 19.1 Å². The van der Waals surface area contributed by atoms with Crippen LogP contribution < -0.4 is 5.73 Å². The Kier molecular flexibility index (Phi) is 2.41.